The van der Waals surface area contributed by atoms with Crippen LogP contribution in [0, 0.1) is 13.8 Å². The van der Waals surface area contributed by atoms with Crippen molar-refractivity contribution >= 4 is 28.8 Å². The van der Waals surface area contributed by atoms with E-state index < -0.39 is 0 Å². The molecule has 0 fully saturated rings. The highest BCUT2D eigenvalue weighted by Gasteiger charge is 2.42. The van der Waals surface area contributed by atoms with Crippen LogP contribution in [0.5, 0.6) is 0 Å². The molecule has 1 heterocycles. The third-order valence-corrected chi connectivity index (χ3v) is 5.78. The van der Waals surface area contributed by atoms with Gasteiger partial charge in [-0.3, -0.25) is 9.59 Å². The molecule has 0 spiro atoms. The van der Waals surface area contributed by atoms with Gasteiger partial charge in [0, 0.05) is 47.1 Å². The zero-order valence-electron chi connectivity index (χ0n) is 20.3. The van der Waals surface area contributed by atoms with Gasteiger partial charge in [-0.25, -0.2) is 4.90 Å². The Bertz CT molecular complexity index is 1040. The van der Waals surface area contributed by atoms with Crippen LogP contribution in [0.1, 0.15) is 16.7 Å². The largest absolute Gasteiger partial charge is 0.383 e. The SMILES string of the molecule is COCCN(CCOC)C1=C(c2ccc(C)cc2C)C(=O)N(c2ccc(N(C)C)cc2)C1=O. The molecule has 176 valence electrons. The summed E-state index contributed by atoms with van der Waals surface area (Å²) in [4.78, 5) is 32.7. The minimum absolute atomic E-state index is 0.320. The molecule has 7 nitrogen and oxygen atoms in total. The Morgan fingerprint density at radius 3 is 1.97 bits per heavy atom. The number of anilines is 2. The monoisotopic (exact) mass is 451 g/mol. The standard InChI is InChI=1S/C26H33N3O4/c1-18-7-12-22(19(2)17-18)23-24(28(13-15-32-5)14-16-33-6)26(31)29(25(23)30)21-10-8-20(9-11-21)27(3)4/h7-12,17H,13-16H2,1-6H3. The van der Waals surface area contributed by atoms with E-state index in [0.717, 1.165) is 22.4 Å². The summed E-state index contributed by atoms with van der Waals surface area (Å²) in [6, 6.07) is 13.3. The normalized spacial score (nSPS) is 13.8. The predicted octanol–water partition coefficient (Wildman–Crippen LogP) is 3.25. The summed E-state index contributed by atoms with van der Waals surface area (Å²) in [5.74, 6) is -0.654. The van der Waals surface area contributed by atoms with Crippen LogP contribution in [0.25, 0.3) is 5.57 Å². The summed E-state index contributed by atoms with van der Waals surface area (Å²) >= 11 is 0. The van der Waals surface area contributed by atoms with Gasteiger partial charge in [0.25, 0.3) is 11.8 Å². The molecule has 1 aliphatic heterocycles. The second kappa shape index (κ2) is 10.6. The van der Waals surface area contributed by atoms with Gasteiger partial charge in [-0.1, -0.05) is 23.8 Å². The van der Waals surface area contributed by atoms with Gasteiger partial charge in [-0.05, 0) is 49.2 Å². The van der Waals surface area contributed by atoms with Gasteiger partial charge in [0.05, 0.1) is 24.5 Å². The van der Waals surface area contributed by atoms with E-state index in [0.29, 0.717) is 43.3 Å². The zero-order chi connectivity index (χ0) is 24.1. The van der Waals surface area contributed by atoms with E-state index in [1.54, 1.807) is 14.2 Å². The minimum atomic E-state index is -0.334. The van der Waals surface area contributed by atoms with Gasteiger partial charge in [-0.2, -0.15) is 0 Å². The number of ether oxygens (including phenoxy) is 2. The fourth-order valence-corrected chi connectivity index (χ4v) is 4.02. The van der Waals surface area contributed by atoms with Crippen molar-refractivity contribution in [2.24, 2.45) is 0 Å². The number of carbonyl (C=O) groups is 2. The van der Waals surface area contributed by atoms with Crippen molar-refractivity contribution in [2.45, 2.75) is 13.8 Å². The van der Waals surface area contributed by atoms with Crippen molar-refractivity contribution < 1.29 is 19.1 Å². The summed E-state index contributed by atoms with van der Waals surface area (Å²) in [5, 5.41) is 0. The van der Waals surface area contributed by atoms with E-state index in [1.165, 1.54) is 4.90 Å². The summed E-state index contributed by atoms with van der Waals surface area (Å²) < 4.78 is 10.6. The molecule has 0 radical (unpaired) electrons. The highest BCUT2D eigenvalue weighted by molar-refractivity contribution is 6.45. The number of rotatable bonds is 10. The molecular formula is C26H33N3O4. The van der Waals surface area contributed by atoms with E-state index in [4.69, 9.17) is 9.47 Å². The summed E-state index contributed by atoms with van der Waals surface area (Å²) in [6.45, 7) is 5.76. The third-order valence-electron chi connectivity index (χ3n) is 5.78. The number of benzene rings is 2. The van der Waals surface area contributed by atoms with E-state index in [1.807, 2.05) is 80.2 Å². The lowest BCUT2D eigenvalue weighted by Gasteiger charge is -2.26. The molecule has 33 heavy (non-hydrogen) atoms. The van der Waals surface area contributed by atoms with Crippen LogP contribution in [0.4, 0.5) is 11.4 Å². The van der Waals surface area contributed by atoms with E-state index in [9.17, 15) is 9.59 Å². The minimum Gasteiger partial charge on any atom is -0.383 e. The second-order valence-electron chi connectivity index (χ2n) is 8.37. The average molecular weight is 452 g/mol. The highest BCUT2D eigenvalue weighted by atomic mass is 16.5. The zero-order valence-corrected chi connectivity index (χ0v) is 20.3. The molecule has 2 amide bonds. The number of hydrogen-bond donors (Lipinski definition) is 0. The van der Waals surface area contributed by atoms with Crippen LogP contribution in [0.3, 0.4) is 0 Å². The number of carbonyl (C=O) groups excluding carboxylic acids is 2. The van der Waals surface area contributed by atoms with Crippen LogP contribution in [-0.4, -0.2) is 71.3 Å². The Morgan fingerprint density at radius 1 is 0.848 bits per heavy atom. The molecule has 0 aromatic heterocycles. The summed E-state index contributed by atoms with van der Waals surface area (Å²) in [5.41, 5.74) is 5.16. The van der Waals surface area contributed by atoms with Gasteiger partial charge in [0.2, 0.25) is 0 Å². The van der Waals surface area contributed by atoms with Crippen LogP contribution in [-0.2, 0) is 19.1 Å². The Balaban J connectivity index is 2.13. The highest BCUT2D eigenvalue weighted by Crippen LogP contribution is 2.36. The van der Waals surface area contributed by atoms with Crippen molar-refractivity contribution in [2.75, 3.05) is 64.4 Å². The van der Waals surface area contributed by atoms with Crippen molar-refractivity contribution in [1.29, 1.82) is 0 Å². The van der Waals surface area contributed by atoms with E-state index in [2.05, 4.69) is 0 Å². The first-order chi connectivity index (χ1) is 15.8. The molecule has 0 bridgehead atoms. The molecule has 0 aliphatic carbocycles. The second-order valence-corrected chi connectivity index (χ2v) is 8.37. The quantitative estimate of drug-likeness (QED) is 0.517. The van der Waals surface area contributed by atoms with Crippen molar-refractivity contribution in [3.05, 3.63) is 64.9 Å². The van der Waals surface area contributed by atoms with E-state index in [-0.39, 0.29) is 11.8 Å². The first-order valence-electron chi connectivity index (χ1n) is 11.0. The fourth-order valence-electron chi connectivity index (χ4n) is 4.02. The Labute approximate surface area is 196 Å². The maximum Gasteiger partial charge on any atom is 0.282 e. The third kappa shape index (κ3) is 5.10. The molecule has 1 aliphatic rings. The molecule has 2 aromatic carbocycles. The maximum atomic E-state index is 13.8. The first-order valence-corrected chi connectivity index (χ1v) is 11.0. The number of nitrogens with zero attached hydrogens (tertiary/aromatic N) is 3. The number of aryl methyl sites for hydroxylation is 2. The Morgan fingerprint density at radius 2 is 1.45 bits per heavy atom. The molecule has 0 unspecified atom stereocenters. The molecule has 0 saturated heterocycles. The number of imide groups is 1. The number of amides is 2. The Hall–Kier alpha value is -3.16. The van der Waals surface area contributed by atoms with Gasteiger partial charge in [0.1, 0.15) is 5.70 Å². The van der Waals surface area contributed by atoms with Crippen molar-refractivity contribution in [3.63, 3.8) is 0 Å². The van der Waals surface area contributed by atoms with Gasteiger partial charge < -0.3 is 19.3 Å². The lowest BCUT2D eigenvalue weighted by atomic mass is 9.97. The summed E-state index contributed by atoms with van der Waals surface area (Å²) in [7, 11) is 7.13. The van der Waals surface area contributed by atoms with Gasteiger partial charge in [0.15, 0.2) is 0 Å². The molecule has 0 N–H and O–H groups in total. The maximum absolute atomic E-state index is 13.8. The van der Waals surface area contributed by atoms with E-state index >= 15 is 0 Å². The average Bonchev–Trinajstić information content (AvgIpc) is 3.04. The molecular weight excluding hydrogens is 418 g/mol. The molecule has 0 saturated carbocycles. The fraction of sp³-hybridized carbons (Fsp3) is 0.385. The molecule has 2 aromatic rings. The van der Waals surface area contributed by atoms with Crippen LogP contribution < -0.4 is 9.80 Å². The number of hydrogen-bond acceptors (Lipinski definition) is 6. The summed E-state index contributed by atoms with van der Waals surface area (Å²) in [6.07, 6.45) is 0. The van der Waals surface area contributed by atoms with Crippen LogP contribution in [0.2, 0.25) is 0 Å². The molecule has 3 rings (SSSR count). The molecule has 0 atom stereocenters. The van der Waals surface area contributed by atoms with Crippen LogP contribution >= 0.6 is 0 Å². The lowest BCUT2D eigenvalue weighted by Crippen LogP contribution is -2.37. The van der Waals surface area contributed by atoms with Crippen LogP contribution in [0.15, 0.2) is 48.2 Å². The topological polar surface area (TPSA) is 62.3 Å². The van der Waals surface area contributed by atoms with Gasteiger partial charge in [-0.15, -0.1) is 0 Å². The van der Waals surface area contributed by atoms with Crippen molar-refractivity contribution in [3.8, 4) is 0 Å². The number of methoxy groups -OCH3 is 2. The first kappa shape index (κ1) is 24.5. The lowest BCUT2D eigenvalue weighted by molar-refractivity contribution is -0.120. The molecule has 7 heteroatoms. The van der Waals surface area contributed by atoms with Gasteiger partial charge >= 0.3 is 0 Å². The predicted molar refractivity (Wildman–Crippen MR) is 131 cm³/mol. The van der Waals surface area contributed by atoms with Crippen molar-refractivity contribution in [1.82, 2.24) is 4.90 Å². The smallest absolute Gasteiger partial charge is 0.282 e. The Kier molecular flexibility index (Phi) is 7.89.